The summed E-state index contributed by atoms with van der Waals surface area (Å²) in [5.74, 6) is -6.22. The first kappa shape index (κ1) is 47.0. The molecule has 3 aromatic rings. The number of aliphatic hydroxyl groups excluding tert-OH is 2. The molecule has 16 nitrogen and oxygen atoms in total. The molecule has 2 bridgehead atoms. The Hall–Kier alpha value is -5.94. The van der Waals surface area contributed by atoms with Gasteiger partial charge >= 0.3 is 24.1 Å². The highest BCUT2D eigenvalue weighted by Crippen LogP contribution is 2.64. The van der Waals surface area contributed by atoms with Crippen LogP contribution in [0.3, 0.4) is 0 Å². The maximum atomic E-state index is 15.6. The molecular formula is C49H55NO15. The number of benzene rings is 3. The highest BCUT2D eigenvalue weighted by Gasteiger charge is 2.78. The van der Waals surface area contributed by atoms with E-state index in [1.807, 2.05) is 0 Å². The summed E-state index contributed by atoms with van der Waals surface area (Å²) in [6.07, 6.45) is -11.5. The first-order valence-electron chi connectivity index (χ1n) is 21.7. The maximum absolute atomic E-state index is 15.6. The van der Waals surface area contributed by atoms with Crippen LogP contribution in [-0.4, -0.2) is 112 Å². The monoisotopic (exact) mass is 897 g/mol. The normalized spacial score (nSPS) is 30.9. The number of amides is 1. The summed E-state index contributed by atoms with van der Waals surface area (Å²) in [6.45, 7) is 8.45. The minimum absolute atomic E-state index is 0.0207. The molecule has 3 aliphatic carbocycles. The van der Waals surface area contributed by atoms with Crippen molar-refractivity contribution in [2.24, 2.45) is 16.7 Å². The number of fused-ring (bicyclic) bond motifs is 5. The van der Waals surface area contributed by atoms with Gasteiger partial charge in [0.1, 0.15) is 23.9 Å². The first-order valence-corrected chi connectivity index (χ1v) is 21.7. The van der Waals surface area contributed by atoms with E-state index in [9.17, 15) is 39.3 Å². The minimum atomic E-state index is -2.44. The molecule has 11 atom stereocenters. The van der Waals surface area contributed by atoms with Crippen molar-refractivity contribution in [2.75, 3.05) is 13.2 Å². The number of ketones is 1. The number of Topliss-reactive ketones (excluding diaryl/α,β-unsaturated/α-hetero) is 1. The summed E-state index contributed by atoms with van der Waals surface area (Å²) < 4.78 is 35.8. The molecule has 1 amide bonds. The van der Waals surface area contributed by atoms with Crippen LogP contribution in [0.5, 0.6) is 0 Å². The van der Waals surface area contributed by atoms with Gasteiger partial charge in [0.05, 0.1) is 42.3 Å². The molecule has 1 aliphatic heterocycles. The SMILES string of the molecule is CCCOC(=O)O[C@@]12CO[C@@H]1C[C@H](O)[C@@]1(C)C(=O)[C@H](OC(C)=O)C3=C(C)[C@@H](OC(=O)[C@H](O)[C@@H](NC(=O)c4ccccc4)c4ccccc4)C[C@@](O)([C@@H](OC(=O)c4ccccc4)[C@H]21)C3(C)C. The fourth-order valence-electron chi connectivity index (χ4n) is 10.3. The van der Waals surface area contributed by atoms with Crippen LogP contribution in [0.15, 0.2) is 102 Å². The highest BCUT2D eigenvalue weighted by atomic mass is 16.8. The molecule has 16 heteroatoms. The molecule has 4 N–H and O–H groups in total. The van der Waals surface area contributed by atoms with Gasteiger partial charge in [-0.1, -0.05) is 87.5 Å². The number of carbonyl (C=O) groups excluding carboxylic acids is 6. The van der Waals surface area contributed by atoms with Crippen molar-refractivity contribution < 1.29 is 72.5 Å². The minimum Gasteiger partial charge on any atom is -0.456 e. The number of hydrogen-bond acceptors (Lipinski definition) is 15. The Labute approximate surface area is 376 Å². The summed E-state index contributed by atoms with van der Waals surface area (Å²) in [6, 6.07) is 22.9. The van der Waals surface area contributed by atoms with E-state index in [0.717, 1.165) is 6.92 Å². The van der Waals surface area contributed by atoms with Crippen molar-refractivity contribution >= 4 is 35.8 Å². The van der Waals surface area contributed by atoms with Crippen LogP contribution in [0.2, 0.25) is 0 Å². The third kappa shape index (κ3) is 8.21. The largest absolute Gasteiger partial charge is 0.509 e. The fourth-order valence-corrected chi connectivity index (χ4v) is 10.3. The van der Waals surface area contributed by atoms with Crippen LogP contribution in [0.1, 0.15) is 93.1 Å². The van der Waals surface area contributed by atoms with E-state index in [2.05, 4.69) is 5.32 Å². The Morgan fingerprint density at radius 2 is 1.48 bits per heavy atom. The summed E-state index contributed by atoms with van der Waals surface area (Å²) >= 11 is 0. The molecule has 65 heavy (non-hydrogen) atoms. The molecule has 7 rings (SSSR count). The number of ether oxygens (including phenoxy) is 6. The van der Waals surface area contributed by atoms with Crippen LogP contribution in [0.4, 0.5) is 4.79 Å². The van der Waals surface area contributed by atoms with E-state index < -0.39 is 113 Å². The molecule has 0 radical (unpaired) electrons. The highest BCUT2D eigenvalue weighted by molar-refractivity contribution is 5.96. The average molecular weight is 898 g/mol. The molecule has 0 unspecified atom stereocenters. The van der Waals surface area contributed by atoms with Gasteiger partial charge in [0.15, 0.2) is 23.6 Å². The quantitative estimate of drug-likeness (QED) is 0.109. The van der Waals surface area contributed by atoms with E-state index in [1.54, 1.807) is 99.6 Å². The molecular weight excluding hydrogens is 843 g/mol. The van der Waals surface area contributed by atoms with E-state index in [0.29, 0.717) is 12.0 Å². The Kier molecular flexibility index (Phi) is 13.1. The number of carbonyl (C=O) groups is 6. The molecule has 3 aromatic carbocycles. The lowest BCUT2D eigenvalue weighted by atomic mass is 9.44. The number of nitrogens with one attached hydrogen (secondary N) is 1. The van der Waals surface area contributed by atoms with Crippen LogP contribution < -0.4 is 5.32 Å². The van der Waals surface area contributed by atoms with Crippen LogP contribution >= 0.6 is 0 Å². The number of rotatable bonds is 12. The summed E-state index contributed by atoms with van der Waals surface area (Å²) in [7, 11) is 0. The second kappa shape index (κ2) is 18.1. The van der Waals surface area contributed by atoms with Crippen LogP contribution in [0, 0.1) is 16.7 Å². The number of hydrogen-bond donors (Lipinski definition) is 4. The number of esters is 3. The Morgan fingerprint density at radius 1 is 0.877 bits per heavy atom. The van der Waals surface area contributed by atoms with Gasteiger partial charge in [0, 0.05) is 30.7 Å². The van der Waals surface area contributed by atoms with Crippen LogP contribution in [-0.2, 0) is 42.8 Å². The molecule has 0 aromatic heterocycles. The Balaban J connectivity index is 1.39. The first-order chi connectivity index (χ1) is 30.8. The van der Waals surface area contributed by atoms with E-state index in [4.69, 9.17) is 28.4 Å². The fraction of sp³-hybridized carbons (Fsp3) is 0.469. The van der Waals surface area contributed by atoms with Gasteiger partial charge in [-0.3, -0.25) is 14.4 Å². The van der Waals surface area contributed by atoms with E-state index in [-0.39, 0.29) is 41.9 Å². The topological polar surface area (TPSA) is 231 Å². The molecule has 1 heterocycles. The van der Waals surface area contributed by atoms with Gasteiger partial charge in [0.2, 0.25) is 0 Å². The van der Waals surface area contributed by atoms with Crippen molar-refractivity contribution in [1.29, 1.82) is 0 Å². The van der Waals surface area contributed by atoms with Crippen molar-refractivity contribution in [3.63, 3.8) is 0 Å². The lowest BCUT2D eigenvalue weighted by molar-refractivity contribution is -0.344. The van der Waals surface area contributed by atoms with Crippen molar-refractivity contribution in [2.45, 2.75) is 115 Å². The van der Waals surface area contributed by atoms with Gasteiger partial charge < -0.3 is 49.1 Å². The molecule has 346 valence electrons. The number of aliphatic hydroxyl groups is 3. The smallest absolute Gasteiger partial charge is 0.456 e. The lowest BCUT2D eigenvalue weighted by Crippen LogP contribution is -2.82. The standard InChI is InChI=1S/C49H55NO15/c1-7-23-60-45(58)65-48-26-61-34(48)24-33(52)47(6)39(48)41(64-43(56)31-21-15-10-16-22-31)49(59)25-32(27(2)35(46(49,4)5)38(40(47)54)62-28(3)51)63-44(57)37(53)36(29-17-11-8-12-18-29)50-42(55)30-19-13-9-14-20-30/h8-22,32-34,36-39,41,52-53,59H,7,23-26H2,1-6H3,(H,50,55)/t32-,33-,34+,36-,37+,38+,39-,41-,47+,48-,49+/m0/s1. The molecule has 3 fully saturated rings. The van der Waals surface area contributed by atoms with Crippen molar-refractivity contribution in [1.82, 2.24) is 5.32 Å². The Bertz CT molecular complexity index is 2340. The molecule has 4 aliphatic rings. The Morgan fingerprint density at radius 3 is 2.05 bits per heavy atom. The third-order valence-electron chi connectivity index (χ3n) is 13.8. The molecule has 1 saturated heterocycles. The van der Waals surface area contributed by atoms with E-state index in [1.165, 1.54) is 26.0 Å². The van der Waals surface area contributed by atoms with Crippen molar-refractivity contribution in [3.8, 4) is 0 Å². The predicted molar refractivity (Wildman–Crippen MR) is 229 cm³/mol. The van der Waals surface area contributed by atoms with Crippen molar-refractivity contribution in [3.05, 3.63) is 119 Å². The van der Waals surface area contributed by atoms with Gasteiger partial charge in [-0.2, -0.15) is 0 Å². The maximum Gasteiger partial charge on any atom is 0.509 e. The third-order valence-corrected chi connectivity index (χ3v) is 13.8. The summed E-state index contributed by atoms with van der Waals surface area (Å²) in [5, 5.41) is 40.5. The van der Waals surface area contributed by atoms with Crippen LogP contribution in [0.25, 0.3) is 0 Å². The van der Waals surface area contributed by atoms with Gasteiger partial charge in [-0.15, -0.1) is 0 Å². The predicted octanol–water partition coefficient (Wildman–Crippen LogP) is 4.74. The zero-order valence-corrected chi connectivity index (χ0v) is 37.1. The summed E-state index contributed by atoms with van der Waals surface area (Å²) in [5.41, 5.74) is -7.35. The zero-order chi connectivity index (χ0) is 47.1. The van der Waals surface area contributed by atoms with Gasteiger partial charge in [-0.25, -0.2) is 14.4 Å². The second-order valence-corrected chi connectivity index (χ2v) is 18.0. The van der Waals surface area contributed by atoms with Gasteiger partial charge in [-0.05, 0) is 61.2 Å². The summed E-state index contributed by atoms with van der Waals surface area (Å²) in [4.78, 5) is 84.4. The molecule has 2 saturated carbocycles. The molecule has 0 spiro atoms. The lowest BCUT2D eigenvalue weighted by Gasteiger charge is -2.67. The average Bonchev–Trinajstić information content (AvgIpc) is 3.28. The zero-order valence-electron chi connectivity index (χ0n) is 37.1. The van der Waals surface area contributed by atoms with E-state index >= 15 is 4.79 Å². The van der Waals surface area contributed by atoms with Gasteiger partial charge in [0.25, 0.3) is 5.91 Å². The second-order valence-electron chi connectivity index (χ2n) is 18.0.